The van der Waals surface area contributed by atoms with Crippen LogP contribution in [0.5, 0.6) is 5.75 Å². The van der Waals surface area contributed by atoms with Crippen LogP contribution in [0.4, 0.5) is 5.69 Å². The Morgan fingerprint density at radius 2 is 2.14 bits per heavy atom. The van der Waals surface area contributed by atoms with Crippen molar-refractivity contribution in [1.29, 1.82) is 0 Å². The number of nitro groups is 1. The maximum absolute atomic E-state index is 12.6. The first-order chi connectivity index (χ1) is 10.1. The van der Waals surface area contributed by atoms with Gasteiger partial charge >= 0.3 is 0 Å². The molecule has 7 heteroatoms. The fourth-order valence-corrected chi connectivity index (χ4v) is 2.00. The van der Waals surface area contributed by atoms with Crippen molar-refractivity contribution in [2.45, 2.75) is 19.8 Å². The third-order valence-electron chi connectivity index (χ3n) is 3.07. The molecule has 0 unspecified atom stereocenters. The number of carbonyl (C=O) groups is 1. The molecule has 0 spiro atoms. The van der Waals surface area contributed by atoms with E-state index in [0.29, 0.717) is 6.54 Å². The van der Waals surface area contributed by atoms with Crippen molar-refractivity contribution in [3.8, 4) is 5.75 Å². The number of carbonyl (C=O) groups excluding carboxylic acids is 1. The van der Waals surface area contributed by atoms with Crippen molar-refractivity contribution in [3.63, 3.8) is 0 Å². The van der Waals surface area contributed by atoms with Crippen molar-refractivity contribution in [2.75, 3.05) is 26.8 Å². The number of nitro benzene ring substituents is 1. The molecule has 1 aromatic carbocycles. The van der Waals surface area contributed by atoms with E-state index in [1.807, 2.05) is 6.92 Å². The molecule has 0 bridgehead atoms. The van der Waals surface area contributed by atoms with Gasteiger partial charge in [-0.1, -0.05) is 19.4 Å². The Bertz CT molecular complexity index is 504. The first kappa shape index (κ1) is 16.9. The van der Waals surface area contributed by atoms with E-state index in [-0.39, 0.29) is 30.2 Å². The van der Waals surface area contributed by atoms with E-state index in [0.717, 1.165) is 12.8 Å². The van der Waals surface area contributed by atoms with E-state index in [9.17, 15) is 14.9 Å². The van der Waals surface area contributed by atoms with Gasteiger partial charge in [-0.25, -0.2) is 0 Å². The SMILES string of the molecule is CCCCN(CCO)C(=O)c1c(OC)cccc1[N+](=O)[O-]. The minimum atomic E-state index is -0.604. The Kier molecular flexibility index (Phi) is 6.61. The Hall–Kier alpha value is -2.15. The van der Waals surface area contributed by atoms with E-state index in [2.05, 4.69) is 0 Å². The van der Waals surface area contributed by atoms with Crippen molar-refractivity contribution >= 4 is 11.6 Å². The quantitative estimate of drug-likeness (QED) is 0.583. The monoisotopic (exact) mass is 296 g/mol. The number of aliphatic hydroxyl groups is 1. The summed E-state index contributed by atoms with van der Waals surface area (Å²) in [5.74, 6) is -0.338. The largest absolute Gasteiger partial charge is 0.496 e. The molecule has 1 aromatic rings. The molecule has 1 N–H and O–H groups in total. The first-order valence-electron chi connectivity index (χ1n) is 6.78. The zero-order valence-corrected chi connectivity index (χ0v) is 12.2. The highest BCUT2D eigenvalue weighted by atomic mass is 16.6. The van der Waals surface area contributed by atoms with Crippen LogP contribution in [0.25, 0.3) is 0 Å². The van der Waals surface area contributed by atoms with Gasteiger partial charge < -0.3 is 14.7 Å². The van der Waals surface area contributed by atoms with Crippen molar-refractivity contribution in [3.05, 3.63) is 33.9 Å². The van der Waals surface area contributed by atoms with Gasteiger partial charge in [0.1, 0.15) is 5.75 Å². The highest BCUT2D eigenvalue weighted by molar-refractivity contribution is 6.00. The molecule has 0 aromatic heterocycles. The smallest absolute Gasteiger partial charge is 0.285 e. The van der Waals surface area contributed by atoms with Gasteiger partial charge in [0.25, 0.3) is 11.6 Å². The van der Waals surface area contributed by atoms with E-state index in [1.54, 1.807) is 0 Å². The van der Waals surface area contributed by atoms with Crippen LogP contribution >= 0.6 is 0 Å². The molecule has 21 heavy (non-hydrogen) atoms. The van der Waals surface area contributed by atoms with Gasteiger partial charge in [0.2, 0.25) is 0 Å². The van der Waals surface area contributed by atoms with Crippen molar-refractivity contribution in [1.82, 2.24) is 4.90 Å². The number of benzene rings is 1. The van der Waals surface area contributed by atoms with Gasteiger partial charge in [-0.2, -0.15) is 0 Å². The molecule has 0 radical (unpaired) electrons. The number of methoxy groups -OCH3 is 1. The predicted molar refractivity (Wildman–Crippen MR) is 77.5 cm³/mol. The molecule has 0 saturated heterocycles. The van der Waals surface area contributed by atoms with Gasteiger partial charge in [-0.05, 0) is 12.5 Å². The Labute approximate surface area is 123 Å². The number of nitrogens with zero attached hydrogens (tertiary/aromatic N) is 2. The van der Waals surface area contributed by atoms with Crippen LogP contribution in [0.1, 0.15) is 30.1 Å². The van der Waals surface area contributed by atoms with Gasteiger partial charge in [0.15, 0.2) is 5.56 Å². The third-order valence-corrected chi connectivity index (χ3v) is 3.07. The van der Waals surface area contributed by atoms with Crippen LogP contribution in [-0.4, -0.2) is 47.6 Å². The summed E-state index contributed by atoms with van der Waals surface area (Å²) < 4.78 is 5.08. The molecule has 0 fully saturated rings. The van der Waals surface area contributed by atoms with Crippen molar-refractivity contribution < 1.29 is 19.6 Å². The Morgan fingerprint density at radius 1 is 1.43 bits per heavy atom. The summed E-state index contributed by atoms with van der Waals surface area (Å²) in [6.07, 6.45) is 1.64. The van der Waals surface area contributed by atoms with Crippen LogP contribution in [0, 0.1) is 10.1 Å². The summed E-state index contributed by atoms with van der Waals surface area (Å²) in [4.78, 5) is 24.5. The number of amides is 1. The molecule has 0 saturated carbocycles. The summed E-state index contributed by atoms with van der Waals surface area (Å²) in [5, 5.41) is 20.2. The second kappa shape index (κ2) is 8.21. The Balaban J connectivity index is 3.21. The lowest BCUT2D eigenvalue weighted by Gasteiger charge is -2.22. The van der Waals surface area contributed by atoms with Gasteiger partial charge in [0, 0.05) is 19.2 Å². The highest BCUT2D eigenvalue weighted by Crippen LogP contribution is 2.29. The van der Waals surface area contributed by atoms with E-state index >= 15 is 0 Å². The van der Waals surface area contributed by atoms with Gasteiger partial charge in [0.05, 0.1) is 18.6 Å². The maximum atomic E-state index is 12.6. The van der Waals surface area contributed by atoms with E-state index < -0.39 is 10.8 Å². The number of aliphatic hydroxyl groups excluding tert-OH is 1. The average molecular weight is 296 g/mol. The fourth-order valence-electron chi connectivity index (χ4n) is 2.00. The van der Waals surface area contributed by atoms with E-state index in [1.165, 1.54) is 30.2 Å². The second-order valence-electron chi connectivity index (χ2n) is 4.48. The molecular formula is C14H20N2O5. The predicted octanol–water partition coefficient (Wildman–Crippen LogP) is 1.84. The van der Waals surface area contributed by atoms with Crippen LogP contribution < -0.4 is 4.74 Å². The average Bonchev–Trinajstić information content (AvgIpc) is 2.49. The summed E-state index contributed by atoms with van der Waals surface area (Å²) in [6, 6.07) is 4.25. The lowest BCUT2D eigenvalue weighted by molar-refractivity contribution is -0.385. The zero-order valence-electron chi connectivity index (χ0n) is 12.2. The second-order valence-corrected chi connectivity index (χ2v) is 4.48. The molecule has 1 amide bonds. The van der Waals surface area contributed by atoms with Crippen LogP contribution in [0.3, 0.4) is 0 Å². The summed E-state index contributed by atoms with van der Waals surface area (Å²) in [6.45, 7) is 2.35. The molecule has 0 heterocycles. The molecule has 116 valence electrons. The molecule has 0 aliphatic heterocycles. The number of ether oxygens (including phenoxy) is 1. The Morgan fingerprint density at radius 3 is 2.67 bits per heavy atom. The summed E-state index contributed by atoms with van der Waals surface area (Å²) >= 11 is 0. The number of hydrogen-bond donors (Lipinski definition) is 1. The normalized spacial score (nSPS) is 10.2. The minimum absolute atomic E-state index is 0.0745. The molecule has 0 aliphatic carbocycles. The van der Waals surface area contributed by atoms with Crippen molar-refractivity contribution in [2.24, 2.45) is 0 Å². The third kappa shape index (κ3) is 4.16. The minimum Gasteiger partial charge on any atom is -0.496 e. The van der Waals surface area contributed by atoms with Crippen LogP contribution in [0.2, 0.25) is 0 Å². The van der Waals surface area contributed by atoms with Crippen LogP contribution in [-0.2, 0) is 0 Å². The number of unbranched alkanes of at least 4 members (excludes halogenated alkanes) is 1. The number of hydrogen-bond acceptors (Lipinski definition) is 5. The van der Waals surface area contributed by atoms with E-state index in [4.69, 9.17) is 9.84 Å². The molecule has 7 nitrogen and oxygen atoms in total. The summed E-state index contributed by atoms with van der Waals surface area (Å²) in [7, 11) is 1.36. The maximum Gasteiger partial charge on any atom is 0.285 e. The zero-order chi connectivity index (χ0) is 15.8. The summed E-state index contributed by atoms with van der Waals surface area (Å²) in [5.41, 5.74) is -0.367. The molecule has 0 atom stereocenters. The first-order valence-corrected chi connectivity index (χ1v) is 6.78. The lowest BCUT2D eigenvalue weighted by Crippen LogP contribution is -2.35. The number of rotatable bonds is 8. The highest BCUT2D eigenvalue weighted by Gasteiger charge is 2.28. The molecule has 1 rings (SSSR count). The van der Waals surface area contributed by atoms with Crippen LogP contribution in [0.15, 0.2) is 18.2 Å². The molecule has 0 aliphatic rings. The topological polar surface area (TPSA) is 92.9 Å². The standard InChI is InChI=1S/C14H20N2O5/c1-3-4-8-15(9-10-17)14(18)13-11(16(19)20)6-5-7-12(13)21-2/h5-7,17H,3-4,8-10H2,1-2H3. The lowest BCUT2D eigenvalue weighted by atomic mass is 10.1. The fraction of sp³-hybridized carbons (Fsp3) is 0.500. The van der Waals surface area contributed by atoms with Gasteiger partial charge in [-0.15, -0.1) is 0 Å². The van der Waals surface area contributed by atoms with Gasteiger partial charge in [-0.3, -0.25) is 14.9 Å². The molecular weight excluding hydrogens is 276 g/mol.